The lowest BCUT2D eigenvalue weighted by molar-refractivity contribution is -0.142. The van der Waals surface area contributed by atoms with Gasteiger partial charge in [-0.2, -0.15) is 12.6 Å². The standard InChI is InChI=1S/C24H35N7O6S/c25-8-2-1-3-17(26)21(33)31-20(12-38)23(35)29-18(10-15-11-27-13-28-15)22(34)30-19(24(36)37)9-14-4-6-16(32)7-5-14/h4-7,11,13,17-20,32,38H,1-3,8-10,12,25-26H2,(H,27,28)(H,29,35)(H,30,34)(H,31,33)(H,36,37). The third-order valence-electron chi connectivity index (χ3n) is 5.72. The van der Waals surface area contributed by atoms with E-state index in [1.165, 1.54) is 24.7 Å². The fraction of sp³-hybridized carbons (Fsp3) is 0.458. The Morgan fingerprint density at radius 2 is 1.58 bits per heavy atom. The van der Waals surface area contributed by atoms with E-state index in [0.29, 0.717) is 37.1 Å². The number of nitrogens with two attached hydrogens (primary N) is 2. The number of hydrogen-bond donors (Lipinski definition) is 9. The molecule has 14 heteroatoms. The number of carbonyl (C=O) groups is 4. The second kappa shape index (κ2) is 15.6. The number of nitrogens with zero attached hydrogens (tertiary/aromatic N) is 1. The molecule has 2 aromatic rings. The van der Waals surface area contributed by atoms with Gasteiger partial charge in [0.05, 0.1) is 12.4 Å². The number of nitrogens with one attached hydrogen (secondary N) is 4. The second-order valence-corrected chi connectivity index (χ2v) is 9.11. The van der Waals surface area contributed by atoms with E-state index >= 15 is 0 Å². The first-order valence-corrected chi connectivity index (χ1v) is 12.7. The number of carboxylic acids is 1. The van der Waals surface area contributed by atoms with E-state index < -0.39 is 47.9 Å². The number of aromatic hydroxyl groups is 1. The molecular formula is C24H35N7O6S. The van der Waals surface area contributed by atoms with Crippen molar-refractivity contribution in [2.24, 2.45) is 11.5 Å². The van der Waals surface area contributed by atoms with E-state index in [4.69, 9.17) is 11.5 Å². The zero-order valence-electron chi connectivity index (χ0n) is 20.8. The quantitative estimate of drug-likeness (QED) is 0.0906. The van der Waals surface area contributed by atoms with Crippen molar-refractivity contribution >= 4 is 36.3 Å². The smallest absolute Gasteiger partial charge is 0.326 e. The third kappa shape index (κ3) is 10.0. The number of carboxylic acid groups (broad SMARTS) is 1. The Labute approximate surface area is 225 Å². The lowest BCUT2D eigenvalue weighted by Gasteiger charge is -2.24. The minimum Gasteiger partial charge on any atom is -0.508 e. The van der Waals surface area contributed by atoms with Crippen LogP contribution in [0.2, 0.25) is 0 Å². The first kappa shape index (κ1) is 30.6. The van der Waals surface area contributed by atoms with Crippen LogP contribution in [0.3, 0.4) is 0 Å². The molecule has 1 aromatic carbocycles. The molecule has 0 aliphatic heterocycles. The monoisotopic (exact) mass is 549 g/mol. The van der Waals surface area contributed by atoms with Gasteiger partial charge in [0.2, 0.25) is 17.7 Å². The van der Waals surface area contributed by atoms with Gasteiger partial charge in [0, 0.05) is 30.5 Å². The predicted octanol–water partition coefficient (Wildman–Crippen LogP) is -1.17. The maximum Gasteiger partial charge on any atom is 0.326 e. The lowest BCUT2D eigenvalue weighted by atomic mass is 10.0. The number of unbranched alkanes of at least 4 members (excludes halogenated alkanes) is 1. The number of imidazole rings is 1. The van der Waals surface area contributed by atoms with E-state index in [9.17, 15) is 29.4 Å². The molecule has 0 spiro atoms. The van der Waals surface area contributed by atoms with E-state index in [0.717, 1.165) is 0 Å². The molecule has 10 N–H and O–H groups in total. The SMILES string of the molecule is NCCCCC(N)C(=O)NC(CS)C(=O)NC(Cc1cnc[nH]1)C(=O)NC(Cc1ccc(O)cc1)C(=O)O. The van der Waals surface area contributed by atoms with Gasteiger partial charge in [0.15, 0.2) is 0 Å². The highest BCUT2D eigenvalue weighted by Gasteiger charge is 2.30. The summed E-state index contributed by atoms with van der Waals surface area (Å²) >= 11 is 4.15. The highest BCUT2D eigenvalue weighted by atomic mass is 32.1. The summed E-state index contributed by atoms with van der Waals surface area (Å²) in [7, 11) is 0. The number of H-pyrrole nitrogens is 1. The fourth-order valence-electron chi connectivity index (χ4n) is 3.55. The van der Waals surface area contributed by atoms with Crippen LogP contribution >= 0.6 is 12.6 Å². The highest BCUT2D eigenvalue weighted by molar-refractivity contribution is 7.80. The van der Waals surface area contributed by atoms with Gasteiger partial charge in [-0.15, -0.1) is 0 Å². The van der Waals surface area contributed by atoms with Crippen LogP contribution in [-0.2, 0) is 32.0 Å². The van der Waals surface area contributed by atoms with E-state index in [2.05, 4.69) is 38.5 Å². The third-order valence-corrected chi connectivity index (χ3v) is 6.09. The van der Waals surface area contributed by atoms with Gasteiger partial charge in [-0.3, -0.25) is 14.4 Å². The van der Waals surface area contributed by atoms with E-state index in [1.807, 2.05) is 0 Å². The number of thiol groups is 1. The van der Waals surface area contributed by atoms with E-state index in [1.54, 1.807) is 12.1 Å². The summed E-state index contributed by atoms with van der Waals surface area (Å²) in [6, 6.07) is 1.49. The van der Waals surface area contributed by atoms with Gasteiger partial charge in [0.1, 0.15) is 23.9 Å². The van der Waals surface area contributed by atoms with Gasteiger partial charge in [-0.25, -0.2) is 9.78 Å². The summed E-state index contributed by atoms with van der Waals surface area (Å²) in [5.41, 5.74) is 12.5. The first-order valence-electron chi connectivity index (χ1n) is 12.1. The van der Waals surface area contributed by atoms with Gasteiger partial charge in [-0.05, 0) is 37.1 Å². The number of carbonyl (C=O) groups excluding carboxylic acids is 3. The Hall–Kier alpha value is -3.62. The van der Waals surface area contributed by atoms with Crippen molar-refractivity contribution in [3.63, 3.8) is 0 Å². The Balaban J connectivity index is 2.11. The summed E-state index contributed by atoms with van der Waals surface area (Å²) in [5.74, 6) is -3.29. The van der Waals surface area contributed by atoms with Crippen LogP contribution in [0, 0.1) is 0 Å². The fourth-order valence-corrected chi connectivity index (χ4v) is 3.81. The van der Waals surface area contributed by atoms with Gasteiger partial charge >= 0.3 is 5.97 Å². The molecule has 1 aromatic heterocycles. The Bertz CT molecular complexity index is 1050. The van der Waals surface area contributed by atoms with Crippen LogP contribution in [0.5, 0.6) is 5.75 Å². The molecule has 4 unspecified atom stereocenters. The molecule has 3 amide bonds. The van der Waals surface area contributed by atoms with Crippen LogP contribution in [0.4, 0.5) is 0 Å². The molecule has 0 aliphatic rings. The second-order valence-electron chi connectivity index (χ2n) is 8.75. The predicted molar refractivity (Wildman–Crippen MR) is 142 cm³/mol. The van der Waals surface area contributed by atoms with Crippen LogP contribution in [0.25, 0.3) is 0 Å². The molecule has 0 saturated heterocycles. The average molecular weight is 550 g/mol. The molecule has 208 valence electrons. The normalized spacial score (nSPS) is 14.1. The number of aromatic nitrogens is 2. The van der Waals surface area contributed by atoms with Crippen LogP contribution in [-0.4, -0.2) is 80.3 Å². The molecule has 0 saturated carbocycles. The first-order chi connectivity index (χ1) is 18.1. The maximum absolute atomic E-state index is 13.2. The van der Waals surface area contributed by atoms with Crippen molar-refractivity contribution < 1.29 is 29.4 Å². The van der Waals surface area contributed by atoms with Crippen LogP contribution in [0.15, 0.2) is 36.8 Å². The number of phenolic OH excluding ortho intramolecular Hbond substituents is 1. The van der Waals surface area contributed by atoms with Crippen LogP contribution in [0.1, 0.15) is 30.5 Å². The number of amides is 3. The summed E-state index contributed by atoms with van der Waals surface area (Å²) in [4.78, 5) is 57.2. The van der Waals surface area contributed by atoms with Crippen molar-refractivity contribution in [3.05, 3.63) is 48.0 Å². The average Bonchev–Trinajstić information content (AvgIpc) is 3.40. The molecule has 0 radical (unpaired) electrons. The molecule has 2 rings (SSSR count). The number of rotatable bonds is 16. The van der Waals surface area contributed by atoms with Crippen molar-refractivity contribution in [1.82, 2.24) is 25.9 Å². The number of benzene rings is 1. The molecule has 4 atom stereocenters. The topological polar surface area (TPSA) is 226 Å². The molecule has 38 heavy (non-hydrogen) atoms. The minimum absolute atomic E-state index is 0.0189. The lowest BCUT2D eigenvalue weighted by Crippen LogP contribution is -2.58. The number of aromatic amines is 1. The molecule has 0 bridgehead atoms. The largest absolute Gasteiger partial charge is 0.508 e. The Morgan fingerprint density at radius 1 is 0.947 bits per heavy atom. The van der Waals surface area contributed by atoms with Crippen LogP contribution < -0.4 is 27.4 Å². The van der Waals surface area contributed by atoms with Crippen molar-refractivity contribution in [2.45, 2.75) is 56.3 Å². The molecule has 0 fully saturated rings. The Morgan fingerprint density at radius 3 is 2.16 bits per heavy atom. The van der Waals surface area contributed by atoms with Gasteiger partial charge in [-0.1, -0.05) is 18.6 Å². The van der Waals surface area contributed by atoms with Crippen molar-refractivity contribution in [2.75, 3.05) is 12.3 Å². The summed E-state index contributed by atoms with van der Waals surface area (Å²) < 4.78 is 0. The molecule has 13 nitrogen and oxygen atoms in total. The molecular weight excluding hydrogens is 514 g/mol. The number of hydrogen-bond acceptors (Lipinski definition) is 9. The number of aliphatic carboxylic acids is 1. The summed E-state index contributed by atoms with van der Waals surface area (Å²) in [5, 5.41) is 26.7. The molecule has 1 heterocycles. The Kier molecular flexibility index (Phi) is 12.6. The highest BCUT2D eigenvalue weighted by Crippen LogP contribution is 2.12. The zero-order chi connectivity index (χ0) is 28.1. The van der Waals surface area contributed by atoms with Gasteiger partial charge in [0.25, 0.3) is 0 Å². The van der Waals surface area contributed by atoms with Crippen molar-refractivity contribution in [3.8, 4) is 5.75 Å². The number of phenols is 1. The van der Waals surface area contributed by atoms with E-state index in [-0.39, 0.29) is 24.3 Å². The summed E-state index contributed by atoms with van der Waals surface area (Å²) in [6.07, 6.45) is 4.57. The molecule has 0 aliphatic carbocycles. The zero-order valence-corrected chi connectivity index (χ0v) is 21.7. The minimum atomic E-state index is -1.31. The summed E-state index contributed by atoms with van der Waals surface area (Å²) in [6.45, 7) is 0.480. The van der Waals surface area contributed by atoms with Crippen molar-refractivity contribution in [1.29, 1.82) is 0 Å². The van der Waals surface area contributed by atoms with Gasteiger partial charge < -0.3 is 42.6 Å². The maximum atomic E-state index is 13.2.